The van der Waals surface area contributed by atoms with Gasteiger partial charge in [-0.1, -0.05) is 86.1 Å². The molecule has 0 aliphatic carbocycles. The molecule has 3 amide bonds. The summed E-state index contributed by atoms with van der Waals surface area (Å²) in [6.07, 6.45) is 1.53. The summed E-state index contributed by atoms with van der Waals surface area (Å²) >= 11 is 1.58. The van der Waals surface area contributed by atoms with Gasteiger partial charge < -0.3 is 20.3 Å². The predicted octanol–water partition coefficient (Wildman–Crippen LogP) is 4.41. The molecule has 1 aliphatic rings. The van der Waals surface area contributed by atoms with E-state index in [-0.39, 0.29) is 23.0 Å². The highest BCUT2D eigenvalue weighted by Crippen LogP contribution is 2.26. The van der Waals surface area contributed by atoms with E-state index < -0.39 is 12.1 Å². The average Bonchev–Trinajstić information content (AvgIpc) is 3.18. The van der Waals surface area contributed by atoms with Gasteiger partial charge in [-0.05, 0) is 35.2 Å². The maximum atomic E-state index is 14.2. The Kier molecular flexibility index (Phi) is 12.1. The molecule has 3 aromatic rings. The zero-order chi connectivity index (χ0) is 30.6. The monoisotopic (exact) mass is 602 g/mol. The highest BCUT2D eigenvalue weighted by atomic mass is 32.2. The minimum absolute atomic E-state index is 0.156. The van der Waals surface area contributed by atoms with Crippen LogP contribution < -0.4 is 15.4 Å². The van der Waals surface area contributed by atoms with Crippen LogP contribution in [0.15, 0.2) is 84.9 Å². The van der Waals surface area contributed by atoms with Crippen LogP contribution in [0.5, 0.6) is 5.75 Å². The molecule has 0 aromatic heterocycles. The third-order valence-electron chi connectivity index (χ3n) is 7.62. The van der Waals surface area contributed by atoms with Crippen LogP contribution in [0.1, 0.15) is 42.5 Å². The first-order valence-electron chi connectivity index (χ1n) is 14.8. The van der Waals surface area contributed by atoms with E-state index in [2.05, 4.69) is 34.6 Å². The first-order valence-corrected chi connectivity index (χ1v) is 15.9. The van der Waals surface area contributed by atoms with Crippen molar-refractivity contribution >= 4 is 29.5 Å². The van der Waals surface area contributed by atoms with Crippen molar-refractivity contribution in [2.45, 2.75) is 49.4 Å². The summed E-state index contributed by atoms with van der Waals surface area (Å²) in [5.41, 5.74) is 2.95. The maximum absolute atomic E-state index is 14.2. The van der Waals surface area contributed by atoms with Crippen molar-refractivity contribution in [3.8, 4) is 5.75 Å². The van der Waals surface area contributed by atoms with Gasteiger partial charge in [0.1, 0.15) is 17.8 Å². The molecule has 1 fully saturated rings. The van der Waals surface area contributed by atoms with Crippen molar-refractivity contribution in [2.75, 3.05) is 33.8 Å². The van der Waals surface area contributed by atoms with Crippen molar-refractivity contribution in [1.82, 2.24) is 20.4 Å². The fraction of sp³-hybridized carbons (Fsp3) is 0.382. The average molecular weight is 603 g/mol. The third kappa shape index (κ3) is 8.84. The molecule has 4 rings (SSSR count). The number of hydrogen-bond acceptors (Lipinski definition) is 6. The van der Waals surface area contributed by atoms with Crippen molar-refractivity contribution < 1.29 is 19.1 Å². The standard InChI is InChI=1S/C34H42N4O4S/c1-4-11-30(43-24-26-16-18-28(42-3)19-17-26)32(39)36-29-23-37(22-25-12-7-5-8-13-25)20-21-38(34(29)41)31(33(40)35-2)27-14-9-6-10-15-27/h5-10,12-19,29-31H,4,11,20-24H2,1-3H3,(H,35,40)(H,36,39). The molecule has 1 saturated heterocycles. The van der Waals surface area contributed by atoms with E-state index in [0.29, 0.717) is 38.4 Å². The molecular weight excluding hydrogens is 560 g/mol. The summed E-state index contributed by atoms with van der Waals surface area (Å²) in [6, 6.07) is 25.7. The van der Waals surface area contributed by atoms with E-state index in [0.717, 1.165) is 28.9 Å². The van der Waals surface area contributed by atoms with Gasteiger partial charge in [-0.2, -0.15) is 0 Å². The SMILES string of the molecule is CCCC(SCc1ccc(OC)cc1)C(=O)NC1CN(Cc2ccccc2)CCN(C(C(=O)NC)c2ccccc2)C1=O. The zero-order valence-electron chi connectivity index (χ0n) is 25.2. The van der Waals surface area contributed by atoms with E-state index in [1.165, 1.54) is 0 Å². The van der Waals surface area contributed by atoms with E-state index in [1.54, 1.807) is 30.8 Å². The molecule has 228 valence electrons. The lowest BCUT2D eigenvalue weighted by Gasteiger charge is -2.32. The fourth-order valence-corrected chi connectivity index (χ4v) is 6.52. The third-order valence-corrected chi connectivity index (χ3v) is 8.97. The molecule has 1 heterocycles. The highest BCUT2D eigenvalue weighted by Gasteiger charge is 2.39. The molecule has 3 aromatic carbocycles. The molecule has 0 saturated carbocycles. The van der Waals surface area contributed by atoms with Gasteiger partial charge in [0.15, 0.2) is 0 Å². The lowest BCUT2D eigenvalue weighted by Crippen LogP contribution is -2.54. The van der Waals surface area contributed by atoms with E-state index in [4.69, 9.17) is 4.74 Å². The second-order valence-corrected chi connectivity index (χ2v) is 11.9. The summed E-state index contributed by atoms with van der Waals surface area (Å²) in [4.78, 5) is 45.0. The first-order chi connectivity index (χ1) is 20.9. The van der Waals surface area contributed by atoms with Crippen molar-refractivity contribution in [3.05, 3.63) is 102 Å². The van der Waals surface area contributed by atoms with Crippen LogP contribution in [0.2, 0.25) is 0 Å². The maximum Gasteiger partial charge on any atom is 0.247 e. The van der Waals surface area contributed by atoms with Crippen LogP contribution in [0, 0.1) is 0 Å². The number of amides is 3. The van der Waals surface area contributed by atoms with Crippen LogP contribution >= 0.6 is 11.8 Å². The molecule has 2 N–H and O–H groups in total. The molecule has 9 heteroatoms. The number of ether oxygens (including phenoxy) is 1. The molecule has 43 heavy (non-hydrogen) atoms. The highest BCUT2D eigenvalue weighted by molar-refractivity contribution is 7.99. The largest absolute Gasteiger partial charge is 0.497 e. The first kappa shape index (κ1) is 32.1. The predicted molar refractivity (Wildman–Crippen MR) is 172 cm³/mol. The Morgan fingerprint density at radius 2 is 1.60 bits per heavy atom. The topological polar surface area (TPSA) is 91.0 Å². The Morgan fingerprint density at radius 1 is 0.930 bits per heavy atom. The normalized spacial score (nSPS) is 17.0. The quantitative estimate of drug-likeness (QED) is 0.301. The van der Waals surface area contributed by atoms with Gasteiger partial charge >= 0.3 is 0 Å². The molecule has 1 aliphatic heterocycles. The van der Waals surface area contributed by atoms with Crippen LogP contribution in [0.3, 0.4) is 0 Å². The van der Waals surface area contributed by atoms with Gasteiger partial charge in [-0.15, -0.1) is 11.8 Å². The number of hydrogen-bond donors (Lipinski definition) is 2. The Labute approximate surface area is 259 Å². The number of nitrogens with zero attached hydrogens (tertiary/aromatic N) is 2. The molecule has 8 nitrogen and oxygen atoms in total. The number of thioether (sulfide) groups is 1. The molecule has 3 unspecified atom stereocenters. The Morgan fingerprint density at radius 3 is 2.23 bits per heavy atom. The van der Waals surface area contributed by atoms with Crippen molar-refractivity contribution in [1.29, 1.82) is 0 Å². The van der Waals surface area contributed by atoms with E-state index in [1.807, 2.05) is 72.8 Å². The van der Waals surface area contributed by atoms with Crippen LogP contribution in [0.25, 0.3) is 0 Å². The minimum atomic E-state index is -0.800. The number of rotatable bonds is 13. The summed E-state index contributed by atoms with van der Waals surface area (Å²) in [7, 11) is 3.22. The van der Waals surface area contributed by atoms with Crippen LogP contribution in [-0.2, 0) is 26.7 Å². The van der Waals surface area contributed by atoms with Gasteiger partial charge in [0.05, 0.1) is 12.4 Å². The summed E-state index contributed by atoms with van der Waals surface area (Å²) in [5.74, 6) is 0.784. The van der Waals surface area contributed by atoms with Gasteiger partial charge in [-0.3, -0.25) is 19.3 Å². The molecular formula is C34H42N4O4S. The molecule has 0 spiro atoms. The lowest BCUT2D eigenvalue weighted by atomic mass is 10.0. The molecule has 0 radical (unpaired) electrons. The smallest absolute Gasteiger partial charge is 0.247 e. The minimum Gasteiger partial charge on any atom is -0.497 e. The second-order valence-electron chi connectivity index (χ2n) is 10.7. The fourth-order valence-electron chi connectivity index (χ4n) is 5.32. The summed E-state index contributed by atoms with van der Waals surface area (Å²) < 4.78 is 5.26. The number of nitrogens with one attached hydrogen (secondary N) is 2. The summed E-state index contributed by atoms with van der Waals surface area (Å²) in [5, 5.41) is 5.53. The second kappa shape index (κ2) is 16.1. The van der Waals surface area contributed by atoms with Gasteiger partial charge in [0.25, 0.3) is 0 Å². The number of methoxy groups -OCH3 is 1. The zero-order valence-corrected chi connectivity index (χ0v) is 26.0. The number of carbonyl (C=O) groups is 3. The van der Waals surface area contributed by atoms with E-state index in [9.17, 15) is 14.4 Å². The van der Waals surface area contributed by atoms with Crippen molar-refractivity contribution in [2.24, 2.45) is 0 Å². The van der Waals surface area contributed by atoms with Crippen LogP contribution in [0.4, 0.5) is 0 Å². The van der Waals surface area contributed by atoms with Crippen molar-refractivity contribution in [3.63, 3.8) is 0 Å². The Bertz CT molecular complexity index is 1320. The summed E-state index contributed by atoms with van der Waals surface area (Å²) in [6.45, 7) is 3.97. The number of likely N-dealkylation sites (N-methyl/N-ethyl adjacent to an activating group) is 1. The lowest BCUT2D eigenvalue weighted by molar-refractivity contribution is -0.142. The number of carbonyl (C=O) groups excluding carboxylic acids is 3. The van der Waals surface area contributed by atoms with Gasteiger partial charge in [0.2, 0.25) is 17.7 Å². The molecule has 3 atom stereocenters. The van der Waals surface area contributed by atoms with E-state index >= 15 is 0 Å². The molecule has 0 bridgehead atoms. The van der Waals surface area contributed by atoms with Crippen LogP contribution in [-0.4, -0.2) is 72.6 Å². The van der Waals surface area contributed by atoms with Gasteiger partial charge in [0, 0.05) is 39.0 Å². The Hall–Kier alpha value is -3.82. The Balaban J connectivity index is 1.57. The van der Waals surface area contributed by atoms with Gasteiger partial charge in [-0.25, -0.2) is 0 Å². The number of benzene rings is 3.